The molecule has 4 rings (SSSR count). The zero-order chi connectivity index (χ0) is 31.6. The van der Waals surface area contributed by atoms with Crippen molar-refractivity contribution in [2.75, 3.05) is 23.3 Å². The molecule has 1 atom stereocenters. The second kappa shape index (κ2) is 12.5. The molecular formula is C29H36BrClN8O4. The fraction of sp³-hybridized carbons (Fsp3) is 0.517. The van der Waals surface area contributed by atoms with Crippen LogP contribution in [-0.4, -0.2) is 61.5 Å². The van der Waals surface area contributed by atoms with Gasteiger partial charge >= 0.3 is 12.2 Å². The predicted octanol–water partition coefficient (Wildman–Crippen LogP) is 6.41. The SMILES string of the molecule is CC(C)(C)OC(=O)Nc1ncnc2c1ncn2Cc1c(Br)cc(Cl)cc1N1CC[C@@](CCC#N)(NC(=O)OC(C)(C)C)C1. The van der Waals surface area contributed by atoms with E-state index in [2.05, 4.69) is 52.5 Å². The van der Waals surface area contributed by atoms with E-state index >= 15 is 0 Å². The van der Waals surface area contributed by atoms with Gasteiger partial charge in [0.05, 0.1) is 24.5 Å². The number of aromatic nitrogens is 4. The Morgan fingerprint density at radius 1 is 1.12 bits per heavy atom. The lowest BCUT2D eigenvalue weighted by Crippen LogP contribution is -2.51. The van der Waals surface area contributed by atoms with Gasteiger partial charge in [0, 0.05) is 40.3 Å². The van der Waals surface area contributed by atoms with Gasteiger partial charge in [0.2, 0.25) is 0 Å². The van der Waals surface area contributed by atoms with Crippen molar-refractivity contribution in [1.29, 1.82) is 5.26 Å². The summed E-state index contributed by atoms with van der Waals surface area (Å²) in [6.07, 6.45) is 3.23. The van der Waals surface area contributed by atoms with Gasteiger partial charge in [-0.25, -0.2) is 24.5 Å². The van der Waals surface area contributed by atoms with Gasteiger partial charge in [-0.3, -0.25) is 5.32 Å². The number of nitrogens with one attached hydrogen (secondary N) is 2. The highest BCUT2D eigenvalue weighted by atomic mass is 79.9. The van der Waals surface area contributed by atoms with Crippen LogP contribution < -0.4 is 15.5 Å². The van der Waals surface area contributed by atoms with E-state index in [1.54, 1.807) is 27.1 Å². The molecule has 43 heavy (non-hydrogen) atoms. The number of imidazole rings is 1. The van der Waals surface area contributed by atoms with E-state index in [1.165, 1.54) is 6.33 Å². The molecule has 14 heteroatoms. The van der Waals surface area contributed by atoms with Crippen molar-refractivity contribution < 1.29 is 19.1 Å². The minimum Gasteiger partial charge on any atom is -0.444 e. The Labute approximate surface area is 264 Å². The van der Waals surface area contributed by atoms with Crippen molar-refractivity contribution in [1.82, 2.24) is 24.8 Å². The summed E-state index contributed by atoms with van der Waals surface area (Å²) in [6, 6.07) is 5.91. The molecule has 230 valence electrons. The van der Waals surface area contributed by atoms with Crippen molar-refractivity contribution in [3.8, 4) is 6.07 Å². The summed E-state index contributed by atoms with van der Waals surface area (Å²) >= 11 is 10.2. The maximum Gasteiger partial charge on any atom is 0.413 e. The van der Waals surface area contributed by atoms with Gasteiger partial charge in [0.25, 0.3) is 0 Å². The van der Waals surface area contributed by atoms with E-state index in [9.17, 15) is 14.9 Å². The number of carbonyl (C=O) groups is 2. The minimum absolute atomic E-state index is 0.239. The zero-order valence-electron chi connectivity index (χ0n) is 25.1. The number of rotatable bonds is 7. The van der Waals surface area contributed by atoms with Crippen LogP contribution in [0.5, 0.6) is 0 Å². The average Bonchev–Trinajstić information content (AvgIpc) is 3.47. The van der Waals surface area contributed by atoms with E-state index in [-0.39, 0.29) is 12.2 Å². The van der Waals surface area contributed by atoms with Gasteiger partial charge in [-0.2, -0.15) is 5.26 Å². The molecule has 1 aliphatic heterocycles. The first kappa shape index (κ1) is 32.3. The van der Waals surface area contributed by atoms with Gasteiger partial charge in [-0.15, -0.1) is 0 Å². The Hall–Kier alpha value is -3.63. The highest BCUT2D eigenvalue weighted by Gasteiger charge is 2.41. The van der Waals surface area contributed by atoms with Crippen molar-refractivity contribution in [2.45, 2.75) is 84.1 Å². The Morgan fingerprint density at radius 2 is 1.81 bits per heavy atom. The number of nitrogens with zero attached hydrogens (tertiary/aromatic N) is 6. The molecule has 0 aliphatic carbocycles. The molecule has 12 nitrogen and oxygen atoms in total. The third kappa shape index (κ3) is 8.26. The number of carbonyl (C=O) groups excluding carboxylic acids is 2. The molecule has 3 heterocycles. The summed E-state index contributed by atoms with van der Waals surface area (Å²) in [5, 5.41) is 15.6. The van der Waals surface area contributed by atoms with Gasteiger partial charge in [-0.05, 0) is 66.5 Å². The number of alkyl carbamates (subject to hydrolysis) is 1. The molecular weight excluding hydrogens is 640 g/mol. The highest BCUT2D eigenvalue weighted by molar-refractivity contribution is 9.10. The normalized spacial score (nSPS) is 17.0. The lowest BCUT2D eigenvalue weighted by atomic mass is 9.93. The largest absolute Gasteiger partial charge is 0.444 e. The number of anilines is 2. The third-order valence-electron chi connectivity index (χ3n) is 6.66. The summed E-state index contributed by atoms with van der Waals surface area (Å²) < 4.78 is 13.5. The van der Waals surface area contributed by atoms with E-state index in [4.69, 9.17) is 21.1 Å². The summed E-state index contributed by atoms with van der Waals surface area (Å²) in [4.78, 5) is 40.4. The van der Waals surface area contributed by atoms with Crippen molar-refractivity contribution in [2.24, 2.45) is 0 Å². The molecule has 2 aromatic heterocycles. The topological polar surface area (TPSA) is 147 Å². The van der Waals surface area contributed by atoms with Crippen LogP contribution in [0.25, 0.3) is 11.2 Å². The number of hydrogen-bond donors (Lipinski definition) is 2. The number of ether oxygens (including phenoxy) is 2. The van der Waals surface area contributed by atoms with E-state index in [0.717, 1.165) is 15.7 Å². The molecule has 3 aromatic rings. The van der Waals surface area contributed by atoms with Gasteiger partial charge in [0.15, 0.2) is 17.0 Å². The van der Waals surface area contributed by atoms with Crippen LogP contribution in [0.1, 0.15) is 66.4 Å². The van der Waals surface area contributed by atoms with Crippen LogP contribution in [0, 0.1) is 11.3 Å². The molecule has 0 radical (unpaired) electrons. The predicted molar refractivity (Wildman–Crippen MR) is 167 cm³/mol. The van der Waals surface area contributed by atoms with Crippen LogP contribution in [0.15, 0.2) is 29.3 Å². The van der Waals surface area contributed by atoms with Crippen molar-refractivity contribution in [3.05, 3.63) is 39.8 Å². The van der Waals surface area contributed by atoms with E-state index in [0.29, 0.717) is 48.7 Å². The standard InChI is InChI=1S/C29H36BrClN8O4/c1-27(2,3)42-25(40)36-23-22-24(34-16-33-23)39(17-35-22)14-19-20(30)12-18(31)13-21(19)38-11-9-29(15-38,8-7-10-32)37-26(41)43-28(4,5)6/h12-13,16-17H,7-9,11,14-15H2,1-6H3,(H,37,41)(H,33,34,36,40)/t29-/m1/s1. The monoisotopic (exact) mass is 674 g/mol. The van der Waals surface area contributed by atoms with Gasteiger partial charge < -0.3 is 24.3 Å². The quantitative estimate of drug-likeness (QED) is 0.290. The number of nitriles is 1. The lowest BCUT2D eigenvalue weighted by molar-refractivity contribution is 0.0459. The Bertz CT molecular complexity index is 1560. The molecule has 1 fully saturated rings. The van der Waals surface area contributed by atoms with E-state index in [1.807, 2.05) is 37.5 Å². The number of fused-ring (bicyclic) bond motifs is 1. The maximum atomic E-state index is 12.8. The molecule has 0 bridgehead atoms. The molecule has 0 saturated carbocycles. The number of amides is 2. The second-order valence-corrected chi connectivity index (χ2v) is 13.8. The molecule has 1 saturated heterocycles. The van der Waals surface area contributed by atoms with Crippen LogP contribution in [0.4, 0.5) is 21.1 Å². The Balaban J connectivity index is 1.63. The minimum atomic E-state index is -0.670. The molecule has 2 N–H and O–H groups in total. The summed E-state index contributed by atoms with van der Waals surface area (Å²) in [5.74, 6) is 0.239. The summed E-state index contributed by atoms with van der Waals surface area (Å²) in [6.45, 7) is 12.2. The Morgan fingerprint density at radius 3 is 2.49 bits per heavy atom. The number of benzene rings is 1. The molecule has 0 spiro atoms. The summed E-state index contributed by atoms with van der Waals surface area (Å²) in [7, 11) is 0. The van der Waals surface area contributed by atoms with Crippen LogP contribution >= 0.6 is 27.5 Å². The fourth-order valence-corrected chi connectivity index (χ4v) is 5.87. The lowest BCUT2D eigenvalue weighted by Gasteiger charge is -2.32. The number of hydrogen-bond acceptors (Lipinski definition) is 9. The fourth-order valence-electron chi connectivity index (χ4n) is 4.95. The zero-order valence-corrected chi connectivity index (χ0v) is 27.5. The molecule has 1 aliphatic rings. The van der Waals surface area contributed by atoms with Crippen LogP contribution in [-0.2, 0) is 16.0 Å². The van der Waals surface area contributed by atoms with Gasteiger partial charge in [0.1, 0.15) is 17.5 Å². The first-order valence-electron chi connectivity index (χ1n) is 13.8. The smallest absolute Gasteiger partial charge is 0.413 e. The first-order valence-corrected chi connectivity index (χ1v) is 15.0. The first-order chi connectivity index (χ1) is 20.1. The Kier molecular flexibility index (Phi) is 9.42. The molecule has 2 amide bonds. The van der Waals surface area contributed by atoms with E-state index < -0.39 is 28.9 Å². The summed E-state index contributed by atoms with van der Waals surface area (Å²) in [5.41, 5.74) is 0.745. The highest BCUT2D eigenvalue weighted by Crippen LogP contribution is 2.38. The van der Waals surface area contributed by atoms with Crippen molar-refractivity contribution >= 4 is 62.4 Å². The average molecular weight is 676 g/mol. The van der Waals surface area contributed by atoms with Crippen molar-refractivity contribution in [3.63, 3.8) is 0 Å². The number of halogens is 2. The van der Waals surface area contributed by atoms with Gasteiger partial charge in [-0.1, -0.05) is 27.5 Å². The maximum absolute atomic E-state index is 12.8. The van der Waals surface area contributed by atoms with Crippen LogP contribution in [0.3, 0.4) is 0 Å². The van der Waals surface area contributed by atoms with Crippen LogP contribution in [0.2, 0.25) is 5.02 Å². The third-order valence-corrected chi connectivity index (χ3v) is 7.59. The molecule has 0 unspecified atom stereocenters. The molecule has 1 aromatic carbocycles. The second-order valence-electron chi connectivity index (χ2n) is 12.5.